The van der Waals surface area contributed by atoms with E-state index in [9.17, 15) is 13.2 Å². The molecule has 4 aromatic rings. The van der Waals surface area contributed by atoms with E-state index in [4.69, 9.17) is 4.74 Å². The number of imidazole rings is 1. The van der Waals surface area contributed by atoms with Crippen molar-refractivity contribution in [3.8, 4) is 22.7 Å². The number of anilines is 1. The summed E-state index contributed by atoms with van der Waals surface area (Å²) in [6.45, 7) is 4.23. The third-order valence-corrected chi connectivity index (χ3v) is 6.60. The number of para-hydroxylation sites is 3. The van der Waals surface area contributed by atoms with Crippen LogP contribution in [0.15, 0.2) is 90.2 Å². The topological polar surface area (TPSA) is 90.3 Å². The number of hydrogen-bond donors (Lipinski definition) is 1. The fourth-order valence-electron chi connectivity index (χ4n) is 3.49. The van der Waals surface area contributed by atoms with Crippen molar-refractivity contribution in [2.24, 2.45) is 0 Å². The van der Waals surface area contributed by atoms with Gasteiger partial charge in [0.2, 0.25) is 20.9 Å². The molecule has 0 bridgehead atoms. The number of ether oxygens (including phenoxy) is 1. The molecular formula is C26H25N3O4S. The van der Waals surface area contributed by atoms with Crippen LogP contribution in [-0.4, -0.2) is 36.2 Å². The minimum atomic E-state index is -4.08. The van der Waals surface area contributed by atoms with Crippen molar-refractivity contribution in [1.82, 2.24) is 9.55 Å². The van der Waals surface area contributed by atoms with Crippen molar-refractivity contribution in [3.05, 3.63) is 90.6 Å². The van der Waals surface area contributed by atoms with Gasteiger partial charge in [-0.05, 0) is 38.1 Å². The van der Waals surface area contributed by atoms with Crippen LogP contribution in [0.2, 0.25) is 0 Å². The van der Waals surface area contributed by atoms with Crippen LogP contribution in [0.4, 0.5) is 5.69 Å². The normalized spacial score (nSPS) is 11.2. The van der Waals surface area contributed by atoms with Crippen LogP contribution in [0.1, 0.15) is 12.5 Å². The summed E-state index contributed by atoms with van der Waals surface area (Å²) in [6, 6.07) is 23.6. The van der Waals surface area contributed by atoms with Crippen molar-refractivity contribution in [3.63, 3.8) is 0 Å². The summed E-state index contributed by atoms with van der Waals surface area (Å²) in [5.74, 6) is -0.959. The number of amides is 1. The number of nitrogens with one attached hydrogen (secondary N) is 1. The van der Waals surface area contributed by atoms with Gasteiger partial charge in [-0.25, -0.2) is 13.4 Å². The van der Waals surface area contributed by atoms with E-state index in [1.165, 1.54) is 4.57 Å². The van der Waals surface area contributed by atoms with E-state index in [0.717, 1.165) is 11.1 Å². The molecule has 3 aromatic carbocycles. The number of sulfone groups is 1. The van der Waals surface area contributed by atoms with Gasteiger partial charge in [-0.1, -0.05) is 60.2 Å². The van der Waals surface area contributed by atoms with Crippen molar-refractivity contribution >= 4 is 21.4 Å². The van der Waals surface area contributed by atoms with Gasteiger partial charge in [0.15, 0.2) is 0 Å². The average Bonchev–Trinajstić information content (AvgIpc) is 3.28. The maximum Gasteiger partial charge on any atom is 0.240 e. The summed E-state index contributed by atoms with van der Waals surface area (Å²) in [5, 5.41) is 2.45. The van der Waals surface area contributed by atoms with Gasteiger partial charge in [-0.3, -0.25) is 9.36 Å². The van der Waals surface area contributed by atoms with Crippen molar-refractivity contribution in [2.75, 3.05) is 17.7 Å². The van der Waals surface area contributed by atoms with Crippen LogP contribution in [-0.2, 0) is 14.6 Å². The van der Waals surface area contributed by atoms with Crippen LogP contribution < -0.4 is 10.1 Å². The largest absolute Gasteiger partial charge is 0.492 e. The maximum atomic E-state index is 13.4. The minimum Gasteiger partial charge on any atom is -0.492 e. The van der Waals surface area contributed by atoms with E-state index in [1.807, 2.05) is 56.3 Å². The number of hydrogen-bond acceptors (Lipinski definition) is 5. The van der Waals surface area contributed by atoms with Crippen molar-refractivity contribution in [1.29, 1.82) is 0 Å². The molecule has 1 aromatic heterocycles. The Hall–Kier alpha value is -3.91. The summed E-state index contributed by atoms with van der Waals surface area (Å²) >= 11 is 0. The van der Waals surface area contributed by atoms with Crippen LogP contribution in [0.25, 0.3) is 16.9 Å². The standard InChI is InChI=1S/C26H25N3O4S/c1-3-33-24-12-8-7-11-22(24)27-25(30)18-34(31,32)26-28-23(20-15-13-19(2)14-16-20)17-29(26)21-9-5-4-6-10-21/h4-17H,3,18H2,1-2H3,(H,27,30). The summed E-state index contributed by atoms with van der Waals surface area (Å²) in [6.07, 6.45) is 1.68. The fraction of sp³-hybridized carbons (Fsp3) is 0.154. The van der Waals surface area contributed by atoms with Crippen molar-refractivity contribution in [2.45, 2.75) is 19.0 Å². The highest BCUT2D eigenvalue weighted by Crippen LogP contribution is 2.26. The van der Waals surface area contributed by atoms with Crippen LogP contribution in [0, 0.1) is 6.92 Å². The van der Waals surface area contributed by atoms with E-state index in [1.54, 1.807) is 42.6 Å². The lowest BCUT2D eigenvalue weighted by molar-refractivity contribution is -0.113. The molecule has 0 atom stereocenters. The molecule has 1 N–H and O–H groups in total. The second kappa shape index (κ2) is 9.93. The van der Waals surface area contributed by atoms with Gasteiger partial charge in [0, 0.05) is 17.4 Å². The molecule has 0 aliphatic rings. The van der Waals surface area contributed by atoms with Gasteiger partial charge >= 0.3 is 0 Å². The SMILES string of the molecule is CCOc1ccccc1NC(=O)CS(=O)(=O)c1nc(-c2ccc(C)cc2)cn1-c1ccccc1. The Balaban J connectivity index is 1.68. The lowest BCUT2D eigenvalue weighted by atomic mass is 10.1. The third kappa shape index (κ3) is 5.18. The van der Waals surface area contributed by atoms with E-state index in [-0.39, 0.29) is 5.16 Å². The molecule has 1 amide bonds. The molecule has 0 unspecified atom stereocenters. The number of aryl methyl sites for hydroxylation is 1. The summed E-state index contributed by atoms with van der Waals surface area (Å²) in [4.78, 5) is 17.2. The molecule has 7 nitrogen and oxygen atoms in total. The van der Waals surface area contributed by atoms with Gasteiger partial charge in [0.05, 0.1) is 18.0 Å². The highest BCUT2D eigenvalue weighted by molar-refractivity contribution is 7.92. The second-order valence-electron chi connectivity index (χ2n) is 7.72. The Morgan fingerprint density at radius 3 is 2.35 bits per heavy atom. The highest BCUT2D eigenvalue weighted by atomic mass is 32.2. The molecule has 34 heavy (non-hydrogen) atoms. The lowest BCUT2D eigenvalue weighted by Crippen LogP contribution is -2.25. The first-order valence-electron chi connectivity index (χ1n) is 10.8. The number of carbonyl (C=O) groups is 1. The Kier molecular flexibility index (Phi) is 6.79. The Morgan fingerprint density at radius 1 is 0.971 bits per heavy atom. The second-order valence-corrected chi connectivity index (χ2v) is 9.60. The monoisotopic (exact) mass is 475 g/mol. The van der Waals surface area contributed by atoms with Gasteiger partial charge in [-0.15, -0.1) is 0 Å². The Labute approximate surface area is 199 Å². The molecule has 0 fully saturated rings. The summed E-state index contributed by atoms with van der Waals surface area (Å²) in [7, 11) is -4.08. The molecule has 8 heteroatoms. The van der Waals surface area contributed by atoms with Gasteiger partial charge in [-0.2, -0.15) is 0 Å². The molecule has 1 heterocycles. The van der Waals surface area contributed by atoms with E-state index >= 15 is 0 Å². The predicted octanol–water partition coefficient (Wildman–Crippen LogP) is 4.66. The van der Waals surface area contributed by atoms with Gasteiger partial charge in [0.25, 0.3) is 0 Å². The Morgan fingerprint density at radius 2 is 1.65 bits per heavy atom. The predicted molar refractivity (Wildman–Crippen MR) is 132 cm³/mol. The summed E-state index contributed by atoms with van der Waals surface area (Å²) in [5.41, 5.74) is 3.42. The lowest BCUT2D eigenvalue weighted by Gasteiger charge is -2.12. The first-order valence-corrected chi connectivity index (χ1v) is 12.5. The number of nitrogens with zero attached hydrogens (tertiary/aromatic N) is 2. The first kappa shape index (κ1) is 23.3. The van der Waals surface area contributed by atoms with Gasteiger partial charge < -0.3 is 10.1 Å². The quantitative estimate of drug-likeness (QED) is 0.400. The molecule has 0 radical (unpaired) electrons. The van der Waals surface area contributed by atoms with E-state index in [2.05, 4.69) is 10.3 Å². The molecule has 0 saturated heterocycles. The molecule has 174 valence electrons. The molecule has 0 spiro atoms. The minimum absolute atomic E-state index is 0.192. The van der Waals surface area contributed by atoms with Crippen LogP contribution in [0.5, 0.6) is 5.75 Å². The number of carbonyl (C=O) groups excluding carboxylic acids is 1. The fourth-order valence-corrected chi connectivity index (χ4v) is 4.74. The van der Waals surface area contributed by atoms with E-state index in [0.29, 0.717) is 29.4 Å². The summed E-state index contributed by atoms with van der Waals surface area (Å²) < 4.78 is 33.7. The third-order valence-electron chi connectivity index (χ3n) is 5.12. The molecule has 0 saturated carbocycles. The molecule has 0 aliphatic heterocycles. The number of benzene rings is 3. The zero-order valence-corrected chi connectivity index (χ0v) is 19.7. The molecule has 0 aliphatic carbocycles. The zero-order valence-electron chi connectivity index (χ0n) is 18.9. The van der Waals surface area contributed by atoms with Crippen molar-refractivity contribution < 1.29 is 17.9 Å². The van der Waals surface area contributed by atoms with Crippen LogP contribution >= 0.6 is 0 Å². The number of aromatic nitrogens is 2. The molecular weight excluding hydrogens is 450 g/mol. The smallest absolute Gasteiger partial charge is 0.240 e. The van der Waals surface area contributed by atoms with Crippen LogP contribution in [0.3, 0.4) is 0 Å². The van der Waals surface area contributed by atoms with Gasteiger partial charge in [0.1, 0.15) is 11.5 Å². The van der Waals surface area contributed by atoms with E-state index < -0.39 is 21.5 Å². The Bertz CT molecular complexity index is 1400. The zero-order chi connectivity index (χ0) is 24.1. The maximum absolute atomic E-state index is 13.4. The average molecular weight is 476 g/mol. The number of rotatable bonds is 8. The highest BCUT2D eigenvalue weighted by Gasteiger charge is 2.27. The first-order chi connectivity index (χ1) is 16.4. The molecule has 4 rings (SSSR count).